The summed E-state index contributed by atoms with van der Waals surface area (Å²) in [6.45, 7) is 18.7. The Morgan fingerprint density at radius 2 is 1.40 bits per heavy atom. The van der Waals surface area contributed by atoms with Gasteiger partial charge in [0, 0.05) is 86.0 Å². The third kappa shape index (κ3) is 7.40. The van der Waals surface area contributed by atoms with Crippen LogP contribution in [0.1, 0.15) is 101 Å². The second-order valence-electron chi connectivity index (χ2n) is 18.5. The summed E-state index contributed by atoms with van der Waals surface area (Å²) in [7, 11) is 0. The van der Waals surface area contributed by atoms with E-state index in [0.717, 1.165) is 91.8 Å². The van der Waals surface area contributed by atoms with Gasteiger partial charge in [0.15, 0.2) is 0 Å². The lowest BCUT2D eigenvalue weighted by Gasteiger charge is -2.63. The van der Waals surface area contributed by atoms with Gasteiger partial charge < -0.3 is 19.9 Å². The molecular formula is C47H55N7O6. The van der Waals surface area contributed by atoms with Gasteiger partial charge in [0.25, 0.3) is 17.7 Å². The van der Waals surface area contributed by atoms with Gasteiger partial charge in [-0.05, 0) is 105 Å². The van der Waals surface area contributed by atoms with Gasteiger partial charge in [-0.3, -0.25) is 39.1 Å². The first-order valence-corrected chi connectivity index (χ1v) is 21.2. The number of hydrogen-bond acceptors (Lipinski definition) is 10. The monoisotopic (exact) mass is 813 g/mol. The number of rotatable bonds is 9. The van der Waals surface area contributed by atoms with Crippen molar-refractivity contribution in [2.75, 3.05) is 55.6 Å². The average Bonchev–Trinajstić information content (AvgIpc) is 3.47. The Morgan fingerprint density at radius 1 is 0.800 bits per heavy atom. The predicted octanol–water partition coefficient (Wildman–Crippen LogP) is 5.23. The van der Waals surface area contributed by atoms with Gasteiger partial charge in [0.05, 0.1) is 22.8 Å². The Balaban J connectivity index is 0.792. The number of nitrogens with one attached hydrogen (secondary N) is 2. The van der Waals surface area contributed by atoms with Gasteiger partial charge in [-0.15, -0.1) is 0 Å². The molecule has 1 atom stereocenters. The second kappa shape index (κ2) is 15.7. The predicted molar refractivity (Wildman–Crippen MR) is 227 cm³/mol. The van der Waals surface area contributed by atoms with Gasteiger partial charge in [-0.25, -0.2) is 0 Å². The number of carbonyl (C=O) groups excluding carboxylic acids is 5. The number of fused-ring (bicyclic) bond motifs is 1. The molecule has 0 spiro atoms. The number of anilines is 2. The molecule has 314 valence electrons. The van der Waals surface area contributed by atoms with E-state index in [1.807, 2.05) is 44.2 Å². The first-order chi connectivity index (χ1) is 28.6. The molecule has 13 nitrogen and oxygen atoms in total. The van der Waals surface area contributed by atoms with E-state index in [9.17, 15) is 29.2 Å². The quantitative estimate of drug-likeness (QED) is 0.275. The molecule has 2 N–H and O–H groups in total. The summed E-state index contributed by atoms with van der Waals surface area (Å²) < 4.78 is 6.55. The van der Waals surface area contributed by atoms with Crippen LogP contribution < -0.4 is 25.2 Å². The first kappa shape index (κ1) is 41.0. The standard InChI is InChI=1S/C47H55N7O6/c1-28-23-34(24-29(2)37(28)26-48)60-45-46(3,4)44(47(45,5)6)50-40(56)31-7-9-32(10-8-31)52-17-15-30(16-18-52)27-51-19-21-53(22-20-51)33-11-12-35-36(25-33)43(59)54(42(35)58)38-13-14-39(55)49-41(38)57/h7-12,23-25,30,38,44-45H,13-22,27H2,1-6H3,(H,50,56)(H,49,55,57)/t38?,44-,45-. The molecule has 5 amide bonds. The highest BCUT2D eigenvalue weighted by molar-refractivity contribution is 6.23. The fourth-order valence-electron chi connectivity index (χ4n) is 10.7. The van der Waals surface area contributed by atoms with Crippen molar-refractivity contribution in [3.05, 3.63) is 88.0 Å². The van der Waals surface area contributed by atoms with Crippen molar-refractivity contribution in [2.45, 2.75) is 85.4 Å². The van der Waals surface area contributed by atoms with Crippen molar-refractivity contribution in [1.29, 1.82) is 5.26 Å². The van der Waals surface area contributed by atoms with Crippen molar-refractivity contribution in [3.63, 3.8) is 0 Å². The Morgan fingerprint density at radius 3 is 2.02 bits per heavy atom. The lowest BCUT2D eigenvalue weighted by molar-refractivity contribution is -0.164. The van der Waals surface area contributed by atoms with Gasteiger partial charge in [-0.1, -0.05) is 27.7 Å². The summed E-state index contributed by atoms with van der Waals surface area (Å²) >= 11 is 0. The number of ether oxygens (including phenoxy) is 1. The van der Waals surface area contributed by atoms with E-state index in [1.165, 1.54) is 0 Å². The lowest BCUT2D eigenvalue weighted by Crippen LogP contribution is -2.74. The zero-order valence-electron chi connectivity index (χ0n) is 35.5. The highest BCUT2D eigenvalue weighted by atomic mass is 16.5. The Bertz CT molecular complexity index is 2240. The van der Waals surface area contributed by atoms with E-state index >= 15 is 0 Å². The molecular weight excluding hydrogens is 759 g/mol. The summed E-state index contributed by atoms with van der Waals surface area (Å²) in [6.07, 6.45) is 2.28. The number of nitriles is 1. The van der Waals surface area contributed by atoms with Crippen LogP contribution in [0.4, 0.5) is 11.4 Å². The van der Waals surface area contributed by atoms with Crippen LogP contribution in [0.15, 0.2) is 54.6 Å². The first-order valence-electron chi connectivity index (χ1n) is 21.2. The van der Waals surface area contributed by atoms with Gasteiger partial charge in [0.1, 0.15) is 17.9 Å². The molecule has 4 heterocycles. The number of piperidine rings is 2. The number of nitrogens with zero attached hydrogens (tertiary/aromatic N) is 5. The number of hydrogen-bond donors (Lipinski definition) is 2. The molecule has 0 radical (unpaired) electrons. The van der Waals surface area contributed by atoms with Crippen LogP contribution in [0.3, 0.4) is 0 Å². The molecule has 13 heteroatoms. The lowest BCUT2D eigenvalue weighted by atomic mass is 9.49. The van der Waals surface area contributed by atoms with Crippen LogP contribution in [-0.2, 0) is 9.59 Å². The minimum atomic E-state index is -0.973. The van der Waals surface area contributed by atoms with E-state index in [1.54, 1.807) is 12.1 Å². The molecule has 1 aliphatic carbocycles. The summed E-state index contributed by atoms with van der Waals surface area (Å²) in [5, 5.41) is 15.1. The zero-order chi connectivity index (χ0) is 42.7. The van der Waals surface area contributed by atoms with Crippen LogP contribution in [0.2, 0.25) is 0 Å². The Hall–Kier alpha value is -5.74. The maximum Gasteiger partial charge on any atom is 0.262 e. The second-order valence-corrected chi connectivity index (χ2v) is 18.5. The highest BCUT2D eigenvalue weighted by Crippen LogP contribution is 2.55. The summed E-state index contributed by atoms with van der Waals surface area (Å²) in [5.74, 6) is -0.725. The number of piperazine rings is 1. The number of carbonyl (C=O) groups is 5. The molecule has 0 aromatic heterocycles. The fraction of sp³-hybridized carbons (Fsp3) is 0.489. The van der Waals surface area contributed by atoms with Crippen molar-refractivity contribution in [2.24, 2.45) is 16.7 Å². The maximum absolute atomic E-state index is 13.6. The molecule has 1 unspecified atom stereocenters. The third-order valence-corrected chi connectivity index (χ3v) is 13.8. The topological polar surface area (TPSA) is 155 Å². The van der Waals surface area contributed by atoms with E-state index in [2.05, 4.69) is 71.2 Å². The molecule has 3 aromatic rings. The van der Waals surface area contributed by atoms with Crippen LogP contribution in [-0.4, -0.2) is 103 Å². The largest absolute Gasteiger partial charge is 0.489 e. The minimum Gasteiger partial charge on any atom is -0.489 e. The van der Waals surface area contributed by atoms with E-state index in [0.29, 0.717) is 28.2 Å². The van der Waals surface area contributed by atoms with Crippen molar-refractivity contribution >= 4 is 40.9 Å². The van der Waals surface area contributed by atoms with Crippen LogP contribution in [0.25, 0.3) is 0 Å². The van der Waals surface area contributed by atoms with Crippen LogP contribution in [0.5, 0.6) is 5.75 Å². The van der Waals surface area contributed by atoms with Crippen molar-refractivity contribution in [1.82, 2.24) is 20.4 Å². The zero-order valence-corrected chi connectivity index (χ0v) is 35.5. The third-order valence-electron chi connectivity index (χ3n) is 13.8. The number of benzene rings is 3. The Kier molecular flexibility index (Phi) is 10.7. The van der Waals surface area contributed by atoms with E-state index in [-0.39, 0.29) is 41.7 Å². The molecule has 4 fully saturated rings. The molecule has 0 bridgehead atoms. The Labute approximate surface area is 352 Å². The van der Waals surface area contributed by atoms with Gasteiger partial charge in [-0.2, -0.15) is 5.26 Å². The molecule has 5 aliphatic rings. The van der Waals surface area contributed by atoms with Gasteiger partial charge in [0.2, 0.25) is 11.8 Å². The SMILES string of the molecule is Cc1cc(O[C@H]2C(C)(C)[C@H](NC(=O)c3ccc(N4CCC(CN5CCN(c6ccc7c(c6)C(=O)N(C6CCC(=O)NC6=O)C7=O)CC5)CC4)cc3)C2(C)C)cc(C)c1C#N. The molecule has 3 aromatic carbocycles. The molecule has 4 aliphatic heterocycles. The summed E-state index contributed by atoms with van der Waals surface area (Å²) in [6, 6.07) is 18.4. The summed E-state index contributed by atoms with van der Waals surface area (Å²) in [4.78, 5) is 72.3. The number of imide groups is 2. The van der Waals surface area contributed by atoms with Crippen LogP contribution in [0, 0.1) is 41.9 Å². The molecule has 3 saturated heterocycles. The molecule has 1 saturated carbocycles. The van der Waals surface area contributed by atoms with Crippen molar-refractivity contribution < 1.29 is 28.7 Å². The normalized spacial score (nSPS) is 24.1. The van der Waals surface area contributed by atoms with E-state index in [4.69, 9.17) is 4.74 Å². The molecule has 8 rings (SSSR count). The fourth-order valence-corrected chi connectivity index (χ4v) is 10.7. The van der Waals surface area contributed by atoms with Crippen LogP contribution >= 0.6 is 0 Å². The minimum absolute atomic E-state index is 0.0915. The van der Waals surface area contributed by atoms with Crippen molar-refractivity contribution in [3.8, 4) is 11.8 Å². The van der Waals surface area contributed by atoms with Gasteiger partial charge >= 0.3 is 0 Å². The van der Waals surface area contributed by atoms with E-state index < -0.39 is 29.7 Å². The maximum atomic E-state index is 13.6. The number of aryl methyl sites for hydroxylation is 2. The smallest absolute Gasteiger partial charge is 0.262 e. The number of amides is 5. The average molecular weight is 814 g/mol. The molecule has 60 heavy (non-hydrogen) atoms. The highest BCUT2D eigenvalue weighted by Gasteiger charge is 2.64. The summed E-state index contributed by atoms with van der Waals surface area (Å²) in [5.41, 5.74) is 5.09.